The number of carbonyl (C=O) groups is 1. The van der Waals surface area contributed by atoms with Crippen LogP contribution in [0.3, 0.4) is 0 Å². The van der Waals surface area contributed by atoms with Gasteiger partial charge in [0.1, 0.15) is 5.69 Å². The molecule has 0 aromatic carbocycles. The Labute approximate surface area is 104 Å². The van der Waals surface area contributed by atoms with Crippen molar-refractivity contribution in [1.82, 2.24) is 15.2 Å². The number of amides is 1. The lowest BCUT2D eigenvalue weighted by molar-refractivity contribution is 0.102. The Bertz CT molecular complexity index is 594. The minimum Gasteiger partial charge on any atom is -0.320 e. The van der Waals surface area contributed by atoms with E-state index in [2.05, 4.69) is 32.3 Å². The van der Waals surface area contributed by atoms with E-state index in [1.165, 1.54) is 12.4 Å². The highest BCUT2D eigenvalue weighted by Crippen LogP contribution is 2.08. The number of hydrogen-bond donors (Lipinski definition) is 3. The fraction of sp³-hybridized carbons (Fsp3) is 0.0833. The van der Waals surface area contributed by atoms with Gasteiger partial charge in [0, 0.05) is 12.4 Å². The van der Waals surface area contributed by atoms with Crippen LogP contribution in [0.2, 0.25) is 0 Å². The summed E-state index contributed by atoms with van der Waals surface area (Å²) in [7, 11) is 0. The second-order valence-electron chi connectivity index (χ2n) is 3.35. The summed E-state index contributed by atoms with van der Waals surface area (Å²) >= 11 is 0. The van der Waals surface area contributed by atoms with Crippen LogP contribution in [0.5, 0.6) is 0 Å². The maximum Gasteiger partial charge on any atom is 0.275 e. The van der Waals surface area contributed by atoms with Crippen LogP contribution >= 0.6 is 0 Å². The maximum absolute atomic E-state index is 12.0. The number of pyridine rings is 1. The summed E-state index contributed by atoms with van der Waals surface area (Å²) in [6.45, 7) is 0.234. The standard InChI is InChI=1S/C12H11N5O/c13-5-1-3-9-4-2-6-14-11(9)12(18)17-10-7-15-16-8-10/h2,4,6-8H,5,13H2,(H,15,16)(H,17,18). The first-order chi connectivity index (χ1) is 8.81. The molecule has 90 valence electrons. The summed E-state index contributed by atoms with van der Waals surface area (Å²) < 4.78 is 0. The fourth-order valence-electron chi connectivity index (χ4n) is 1.34. The van der Waals surface area contributed by atoms with Crippen LogP contribution < -0.4 is 11.1 Å². The largest absolute Gasteiger partial charge is 0.320 e. The number of aromatic nitrogens is 3. The summed E-state index contributed by atoms with van der Waals surface area (Å²) in [5, 5.41) is 9.00. The predicted octanol–water partition coefficient (Wildman–Crippen LogP) is 0.367. The normalized spacial score (nSPS) is 9.39. The van der Waals surface area contributed by atoms with Crippen LogP contribution in [0.15, 0.2) is 30.7 Å². The lowest BCUT2D eigenvalue weighted by atomic mass is 10.2. The second-order valence-corrected chi connectivity index (χ2v) is 3.35. The van der Waals surface area contributed by atoms with Gasteiger partial charge in [-0.3, -0.25) is 9.89 Å². The number of hydrogen-bond acceptors (Lipinski definition) is 4. The molecule has 2 heterocycles. The lowest BCUT2D eigenvalue weighted by Crippen LogP contribution is -2.15. The third kappa shape index (κ3) is 2.72. The smallest absolute Gasteiger partial charge is 0.275 e. The Kier molecular flexibility index (Phi) is 3.69. The SMILES string of the molecule is NCC#Cc1cccnc1C(=O)Nc1cn[nH]c1. The van der Waals surface area contributed by atoms with Gasteiger partial charge >= 0.3 is 0 Å². The van der Waals surface area contributed by atoms with E-state index in [0.717, 1.165) is 0 Å². The molecule has 4 N–H and O–H groups in total. The van der Waals surface area contributed by atoms with Crippen molar-refractivity contribution in [2.24, 2.45) is 5.73 Å². The van der Waals surface area contributed by atoms with E-state index in [-0.39, 0.29) is 18.1 Å². The van der Waals surface area contributed by atoms with Crippen molar-refractivity contribution in [2.75, 3.05) is 11.9 Å². The number of nitrogens with two attached hydrogens (primary N) is 1. The second kappa shape index (κ2) is 5.61. The van der Waals surface area contributed by atoms with Crippen molar-refractivity contribution in [1.29, 1.82) is 0 Å². The molecule has 2 rings (SSSR count). The zero-order valence-electron chi connectivity index (χ0n) is 9.47. The molecular weight excluding hydrogens is 230 g/mol. The van der Waals surface area contributed by atoms with Gasteiger partial charge in [0.25, 0.3) is 5.91 Å². The van der Waals surface area contributed by atoms with E-state index < -0.39 is 0 Å². The zero-order valence-corrected chi connectivity index (χ0v) is 9.47. The Morgan fingerprint density at radius 1 is 1.56 bits per heavy atom. The van der Waals surface area contributed by atoms with Gasteiger partial charge in [-0.1, -0.05) is 11.8 Å². The van der Waals surface area contributed by atoms with Gasteiger partial charge in [-0.2, -0.15) is 5.10 Å². The van der Waals surface area contributed by atoms with Gasteiger partial charge in [-0.15, -0.1) is 0 Å². The summed E-state index contributed by atoms with van der Waals surface area (Å²) in [6, 6.07) is 3.44. The number of nitrogens with zero attached hydrogens (tertiary/aromatic N) is 2. The average Bonchev–Trinajstić information content (AvgIpc) is 2.89. The summed E-state index contributed by atoms with van der Waals surface area (Å²) in [5.41, 5.74) is 6.69. The zero-order chi connectivity index (χ0) is 12.8. The predicted molar refractivity (Wildman–Crippen MR) is 66.7 cm³/mol. The average molecular weight is 241 g/mol. The monoisotopic (exact) mass is 241 g/mol. The number of H-pyrrole nitrogens is 1. The highest BCUT2D eigenvalue weighted by atomic mass is 16.1. The molecule has 0 bridgehead atoms. The van der Waals surface area contributed by atoms with Gasteiger partial charge in [-0.25, -0.2) is 4.98 Å². The molecule has 0 aliphatic rings. The lowest BCUT2D eigenvalue weighted by Gasteiger charge is -2.03. The van der Waals surface area contributed by atoms with Crippen molar-refractivity contribution < 1.29 is 4.79 Å². The molecular formula is C12H11N5O. The summed E-state index contributed by atoms with van der Waals surface area (Å²) in [5.74, 6) is 5.17. The van der Waals surface area contributed by atoms with Crippen LogP contribution in [-0.2, 0) is 0 Å². The van der Waals surface area contributed by atoms with Gasteiger partial charge in [0.2, 0.25) is 0 Å². The van der Waals surface area contributed by atoms with Crippen molar-refractivity contribution in [2.45, 2.75) is 0 Å². The summed E-state index contributed by atoms with van der Waals surface area (Å²) in [6.07, 6.45) is 4.62. The molecule has 0 unspecified atom stereocenters. The molecule has 0 spiro atoms. The molecule has 18 heavy (non-hydrogen) atoms. The Morgan fingerprint density at radius 3 is 3.17 bits per heavy atom. The van der Waals surface area contributed by atoms with E-state index in [9.17, 15) is 4.79 Å². The molecule has 1 amide bonds. The van der Waals surface area contributed by atoms with Crippen LogP contribution in [0.4, 0.5) is 5.69 Å². The topological polar surface area (TPSA) is 96.7 Å². The van der Waals surface area contributed by atoms with E-state index in [1.54, 1.807) is 18.3 Å². The van der Waals surface area contributed by atoms with Crippen LogP contribution in [-0.4, -0.2) is 27.6 Å². The molecule has 0 fully saturated rings. The number of carbonyl (C=O) groups excluding carboxylic acids is 1. The van der Waals surface area contributed by atoms with Crippen molar-refractivity contribution in [3.05, 3.63) is 42.0 Å². The van der Waals surface area contributed by atoms with Crippen molar-refractivity contribution in [3.63, 3.8) is 0 Å². The van der Waals surface area contributed by atoms with E-state index in [0.29, 0.717) is 11.3 Å². The van der Waals surface area contributed by atoms with Gasteiger partial charge in [-0.05, 0) is 12.1 Å². The fourth-order valence-corrected chi connectivity index (χ4v) is 1.34. The molecule has 0 radical (unpaired) electrons. The van der Waals surface area contributed by atoms with E-state index in [4.69, 9.17) is 5.73 Å². The molecule has 6 nitrogen and oxygen atoms in total. The minimum absolute atomic E-state index is 0.234. The summed E-state index contributed by atoms with van der Waals surface area (Å²) in [4.78, 5) is 16.0. The molecule has 6 heteroatoms. The first-order valence-electron chi connectivity index (χ1n) is 5.25. The third-order valence-electron chi connectivity index (χ3n) is 2.10. The van der Waals surface area contributed by atoms with Crippen LogP contribution in [0, 0.1) is 11.8 Å². The maximum atomic E-state index is 12.0. The number of anilines is 1. The first-order valence-corrected chi connectivity index (χ1v) is 5.25. The Morgan fingerprint density at radius 2 is 2.44 bits per heavy atom. The molecule has 0 saturated heterocycles. The molecule has 0 saturated carbocycles. The van der Waals surface area contributed by atoms with E-state index in [1.807, 2.05) is 0 Å². The van der Waals surface area contributed by atoms with Crippen LogP contribution in [0.1, 0.15) is 16.1 Å². The van der Waals surface area contributed by atoms with Gasteiger partial charge < -0.3 is 11.1 Å². The number of aromatic amines is 1. The molecule has 0 atom stereocenters. The van der Waals surface area contributed by atoms with Gasteiger partial charge in [0.05, 0.1) is 24.0 Å². The van der Waals surface area contributed by atoms with Crippen LogP contribution in [0.25, 0.3) is 0 Å². The van der Waals surface area contributed by atoms with Crippen molar-refractivity contribution >= 4 is 11.6 Å². The van der Waals surface area contributed by atoms with E-state index >= 15 is 0 Å². The number of rotatable bonds is 2. The highest BCUT2D eigenvalue weighted by molar-refractivity contribution is 6.04. The Hall–Kier alpha value is -2.65. The Balaban J connectivity index is 2.24. The van der Waals surface area contributed by atoms with Crippen molar-refractivity contribution in [3.8, 4) is 11.8 Å². The first kappa shape index (κ1) is 11.8. The molecule has 0 aliphatic heterocycles. The molecule has 0 aliphatic carbocycles. The van der Waals surface area contributed by atoms with Gasteiger partial charge in [0.15, 0.2) is 0 Å². The quantitative estimate of drug-likeness (QED) is 0.662. The molecule has 2 aromatic rings. The highest BCUT2D eigenvalue weighted by Gasteiger charge is 2.11. The number of nitrogens with one attached hydrogen (secondary N) is 2. The minimum atomic E-state index is -0.335. The third-order valence-corrected chi connectivity index (χ3v) is 2.10. The molecule has 2 aromatic heterocycles.